The van der Waals surface area contributed by atoms with E-state index in [1.807, 2.05) is 12.2 Å². The maximum atomic E-state index is 10.5. The van der Waals surface area contributed by atoms with Gasteiger partial charge >= 0.3 is 5.97 Å². The molecule has 1 aliphatic rings. The Hall–Kier alpha value is -1.83. The fourth-order valence-electron chi connectivity index (χ4n) is 3.24. The van der Waals surface area contributed by atoms with E-state index < -0.39 is 5.97 Å². The molecule has 0 saturated carbocycles. The van der Waals surface area contributed by atoms with Gasteiger partial charge in [-0.2, -0.15) is 0 Å². The van der Waals surface area contributed by atoms with Crippen molar-refractivity contribution < 1.29 is 9.90 Å². The molecule has 0 unspecified atom stereocenters. The summed E-state index contributed by atoms with van der Waals surface area (Å²) in [5.41, 5.74) is 5.41. The maximum Gasteiger partial charge on any atom is 0.328 e. The molecule has 0 saturated heterocycles. The highest BCUT2D eigenvalue weighted by Crippen LogP contribution is 2.38. The van der Waals surface area contributed by atoms with Crippen LogP contribution in [0.2, 0.25) is 0 Å². The monoisotopic (exact) mass is 270 g/mol. The fraction of sp³-hybridized carbons (Fsp3) is 0.389. The first-order valence-corrected chi connectivity index (χ1v) is 7.19. The minimum absolute atomic E-state index is 0.566. The van der Waals surface area contributed by atoms with Crippen molar-refractivity contribution in [3.05, 3.63) is 52.6 Å². The number of allylic oxidation sites excluding steroid dienone is 2. The number of rotatable bonds is 3. The first-order valence-electron chi connectivity index (χ1n) is 7.19. The molecule has 0 aromatic heterocycles. The lowest BCUT2D eigenvalue weighted by Gasteiger charge is -2.29. The summed E-state index contributed by atoms with van der Waals surface area (Å²) in [6.45, 7) is 6.72. The number of benzene rings is 1. The molecule has 2 atom stereocenters. The molecule has 1 aliphatic carbocycles. The topological polar surface area (TPSA) is 37.3 Å². The molecule has 1 aromatic carbocycles. The van der Waals surface area contributed by atoms with Gasteiger partial charge in [0.1, 0.15) is 0 Å². The zero-order chi connectivity index (χ0) is 14.7. The summed E-state index contributed by atoms with van der Waals surface area (Å²) in [5.74, 6) is 0.393. The summed E-state index contributed by atoms with van der Waals surface area (Å²) in [5, 5.41) is 8.61. The first-order chi connectivity index (χ1) is 9.49. The van der Waals surface area contributed by atoms with Crippen molar-refractivity contribution in [1.29, 1.82) is 0 Å². The van der Waals surface area contributed by atoms with Crippen LogP contribution in [0.1, 0.15) is 48.4 Å². The van der Waals surface area contributed by atoms with Gasteiger partial charge in [-0.1, -0.05) is 44.2 Å². The van der Waals surface area contributed by atoms with Crippen LogP contribution in [0.15, 0.2) is 30.4 Å². The van der Waals surface area contributed by atoms with E-state index in [9.17, 15) is 4.79 Å². The van der Waals surface area contributed by atoms with Gasteiger partial charge in [0.25, 0.3) is 0 Å². The molecule has 2 nitrogen and oxygen atoms in total. The third kappa shape index (κ3) is 3.19. The fourth-order valence-corrected chi connectivity index (χ4v) is 3.24. The zero-order valence-corrected chi connectivity index (χ0v) is 12.4. The minimum Gasteiger partial charge on any atom is -0.478 e. The molecular formula is C18H22O2. The van der Waals surface area contributed by atoms with Gasteiger partial charge in [-0.05, 0) is 53.9 Å². The highest BCUT2D eigenvalue weighted by molar-refractivity contribution is 5.80. The lowest BCUT2D eigenvalue weighted by Crippen LogP contribution is -2.16. The molecule has 0 aliphatic heterocycles. The van der Waals surface area contributed by atoms with Crippen LogP contribution in [0.25, 0.3) is 6.08 Å². The van der Waals surface area contributed by atoms with Crippen molar-refractivity contribution in [3.63, 3.8) is 0 Å². The van der Waals surface area contributed by atoms with Crippen molar-refractivity contribution in [2.24, 2.45) is 5.92 Å². The molecule has 0 radical (unpaired) electrons. The summed E-state index contributed by atoms with van der Waals surface area (Å²) in [7, 11) is 0. The Balaban J connectivity index is 2.38. The van der Waals surface area contributed by atoms with Gasteiger partial charge in [0.2, 0.25) is 0 Å². The van der Waals surface area contributed by atoms with Crippen LogP contribution in [-0.2, 0) is 11.2 Å². The predicted octanol–water partition coefficient (Wildman–Crippen LogP) is 4.33. The van der Waals surface area contributed by atoms with E-state index in [1.54, 1.807) is 6.08 Å². The summed E-state index contributed by atoms with van der Waals surface area (Å²) >= 11 is 0. The first kappa shape index (κ1) is 14.6. The predicted molar refractivity (Wildman–Crippen MR) is 82.9 cm³/mol. The standard InChI is InChI=1S/C18H22O2/c1-12-10-14(3)18-15(11-12)9-8-13(2)16(18)6-4-5-7-17(19)20/h4-9,12,14H,10-11H2,1-3H3,(H,19,20)/b6-4+,7-5+/t12-,14+/m0/s1. The van der Waals surface area contributed by atoms with Crippen LogP contribution < -0.4 is 0 Å². The largest absolute Gasteiger partial charge is 0.478 e. The van der Waals surface area contributed by atoms with Gasteiger partial charge in [0, 0.05) is 6.08 Å². The van der Waals surface area contributed by atoms with Crippen molar-refractivity contribution in [2.75, 3.05) is 0 Å². The van der Waals surface area contributed by atoms with E-state index in [4.69, 9.17) is 5.11 Å². The Kier molecular flexibility index (Phi) is 4.43. The average molecular weight is 270 g/mol. The van der Waals surface area contributed by atoms with E-state index in [-0.39, 0.29) is 0 Å². The highest BCUT2D eigenvalue weighted by Gasteiger charge is 2.23. The molecule has 20 heavy (non-hydrogen) atoms. The SMILES string of the molecule is Cc1ccc2c(c1/C=C/C=C/C(=O)O)[C@H](C)C[C@H](C)C2. The van der Waals surface area contributed by atoms with Gasteiger partial charge in [-0.25, -0.2) is 4.79 Å². The Labute approximate surface area is 120 Å². The molecule has 2 rings (SSSR count). The number of carboxylic acids is 1. The molecule has 0 fully saturated rings. The Morgan fingerprint density at radius 2 is 2.05 bits per heavy atom. The number of aliphatic carboxylic acids is 1. The molecule has 0 spiro atoms. The van der Waals surface area contributed by atoms with E-state index in [0.29, 0.717) is 5.92 Å². The molecule has 0 heterocycles. The van der Waals surface area contributed by atoms with Crippen LogP contribution in [0, 0.1) is 12.8 Å². The number of fused-ring (bicyclic) bond motifs is 1. The van der Waals surface area contributed by atoms with Gasteiger partial charge < -0.3 is 5.11 Å². The maximum absolute atomic E-state index is 10.5. The molecule has 1 aromatic rings. The van der Waals surface area contributed by atoms with E-state index >= 15 is 0 Å². The Bertz CT molecular complexity index is 567. The lowest BCUT2D eigenvalue weighted by atomic mass is 9.75. The second-order valence-electron chi connectivity index (χ2n) is 5.87. The lowest BCUT2D eigenvalue weighted by molar-refractivity contribution is -0.131. The highest BCUT2D eigenvalue weighted by atomic mass is 16.4. The summed E-state index contributed by atoms with van der Waals surface area (Å²) in [6.07, 6.45) is 8.97. The second-order valence-corrected chi connectivity index (χ2v) is 5.87. The molecule has 1 N–H and O–H groups in total. The van der Waals surface area contributed by atoms with Crippen LogP contribution >= 0.6 is 0 Å². The number of carbonyl (C=O) groups is 1. The van der Waals surface area contributed by atoms with E-state index in [1.165, 1.54) is 28.7 Å². The molecular weight excluding hydrogens is 248 g/mol. The van der Waals surface area contributed by atoms with Gasteiger partial charge in [-0.3, -0.25) is 0 Å². The summed E-state index contributed by atoms with van der Waals surface area (Å²) in [4.78, 5) is 10.5. The van der Waals surface area contributed by atoms with Gasteiger partial charge in [0.05, 0.1) is 0 Å². The third-order valence-electron chi connectivity index (χ3n) is 4.03. The summed E-state index contributed by atoms with van der Waals surface area (Å²) in [6, 6.07) is 4.42. The average Bonchev–Trinajstić information content (AvgIpc) is 2.36. The summed E-state index contributed by atoms with van der Waals surface area (Å²) < 4.78 is 0. The van der Waals surface area contributed by atoms with Crippen LogP contribution in [-0.4, -0.2) is 11.1 Å². The van der Waals surface area contributed by atoms with E-state index in [0.717, 1.165) is 18.4 Å². The Morgan fingerprint density at radius 1 is 1.30 bits per heavy atom. The van der Waals surface area contributed by atoms with Crippen LogP contribution in [0.4, 0.5) is 0 Å². The van der Waals surface area contributed by atoms with Gasteiger partial charge in [-0.15, -0.1) is 0 Å². The molecule has 106 valence electrons. The number of carboxylic acid groups (broad SMARTS) is 1. The van der Waals surface area contributed by atoms with E-state index in [2.05, 4.69) is 32.9 Å². The zero-order valence-electron chi connectivity index (χ0n) is 12.4. The van der Waals surface area contributed by atoms with Gasteiger partial charge in [0.15, 0.2) is 0 Å². The van der Waals surface area contributed by atoms with Crippen LogP contribution in [0.3, 0.4) is 0 Å². The smallest absolute Gasteiger partial charge is 0.328 e. The number of aryl methyl sites for hydroxylation is 1. The van der Waals surface area contributed by atoms with Crippen molar-refractivity contribution in [3.8, 4) is 0 Å². The van der Waals surface area contributed by atoms with Crippen molar-refractivity contribution in [2.45, 2.75) is 39.5 Å². The molecule has 0 bridgehead atoms. The van der Waals surface area contributed by atoms with Crippen molar-refractivity contribution in [1.82, 2.24) is 0 Å². The van der Waals surface area contributed by atoms with Crippen LogP contribution in [0.5, 0.6) is 0 Å². The quantitative estimate of drug-likeness (QED) is 0.655. The number of hydrogen-bond donors (Lipinski definition) is 1. The minimum atomic E-state index is -0.913. The second kappa shape index (κ2) is 6.08. The third-order valence-corrected chi connectivity index (χ3v) is 4.03. The van der Waals surface area contributed by atoms with Crippen molar-refractivity contribution >= 4 is 12.0 Å². The molecule has 2 heteroatoms. The molecule has 0 amide bonds. The normalized spacial score (nSPS) is 22.4. The number of hydrogen-bond acceptors (Lipinski definition) is 1. The Morgan fingerprint density at radius 3 is 2.75 bits per heavy atom.